The third-order valence-corrected chi connectivity index (χ3v) is 7.95. The van der Waals surface area contributed by atoms with Crippen LogP contribution in [0.2, 0.25) is 0 Å². The van der Waals surface area contributed by atoms with E-state index in [2.05, 4.69) is 32.7 Å². The quantitative estimate of drug-likeness (QED) is 0.484. The number of urea groups is 1. The first kappa shape index (κ1) is 26.3. The molecule has 4 N–H and O–H groups in total. The molecule has 3 atom stereocenters. The minimum absolute atomic E-state index is 0.137. The molecule has 3 amide bonds. The molecule has 2 saturated heterocycles. The fourth-order valence-electron chi connectivity index (χ4n) is 5.80. The fraction of sp³-hybridized carbons (Fsp3) is 0.556. The van der Waals surface area contributed by atoms with Gasteiger partial charge in [-0.1, -0.05) is 12.1 Å². The topological polar surface area (TPSA) is 129 Å². The van der Waals surface area contributed by atoms with Crippen LogP contribution in [-0.4, -0.2) is 94.6 Å². The second-order valence-corrected chi connectivity index (χ2v) is 11.3. The molecule has 0 spiro atoms. The molecule has 204 valence electrons. The third-order valence-electron chi connectivity index (χ3n) is 7.95. The van der Waals surface area contributed by atoms with Crippen molar-refractivity contribution in [1.82, 2.24) is 29.6 Å². The van der Waals surface area contributed by atoms with Crippen molar-refractivity contribution in [2.24, 2.45) is 23.5 Å². The lowest BCUT2D eigenvalue weighted by molar-refractivity contribution is -0.137. The molecule has 1 unspecified atom stereocenters. The standard InChI is InChI=1S/C27H38N8O3/c1-27(2,28)24(36)33-10-12-34(13-11-33)25(37)30-23-8-9-35(26(38)31-23)19-6-4-18(5-7-19)15-32-16-21-20(14-29-3)22(21)17-32/h4-9,20-22,29H,10-17,28H2,1-3H3,(H,30,31,37,38)/t20?,21-,22+. The van der Waals surface area contributed by atoms with Gasteiger partial charge < -0.3 is 20.9 Å². The van der Waals surface area contributed by atoms with E-state index in [1.54, 1.807) is 35.9 Å². The Balaban J connectivity index is 1.13. The lowest BCUT2D eigenvalue weighted by Gasteiger charge is -2.37. The summed E-state index contributed by atoms with van der Waals surface area (Å²) in [5.41, 5.74) is 6.45. The van der Waals surface area contributed by atoms with Crippen LogP contribution in [0.1, 0.15) is 19.4 Å². The molecular weight excluding hydrogens is 484 g/mol. The lowest BCUT2D eigenvalue weighted by atomic mass is 10.1. The number of benzene rings is 1. The summed E-state index contributed by atoms with van der Waals surface area (Å²) >= 11 is 0. The first-order chi connectivity index (χ1) is 18.1. The van der Waals surface area contributed by atoms with Crippen LogP contribution in [-0.2, 0) is 11.3 Å². The van der Waals surface area contributed by atoms with Crippen molar-refractivity contribution in [2.45, 2.75) is 25.9 Å². The zero-order chi connectivity index (χ0) is 27.0. The number of nitrogens with zero attached hydrogens (tertiary/aromatic N) is 5. The summed E-state index contributed by atoms with van der Waals surface area (Å²) in [6.07, 6.45) is 1.62. The van der Waals surface area contributed by atoms with Gasteiger partial charge in [0.25, 0.3) is 0 Å². The van der Waals surface area contributed by atoms with E-state index in [0.717, 1.165) is 49.6 Å². The molecule has 5 rings (SSSR count). The van der Waals surface area contributed by atoms with Crippen LogP contribution >= 0.6 is 0 Å². The second kappa shape index (κ2) is 10.5. The number of likely N-dealkylation sites (tertiary alicyclic amines) is 1. The van der Waals surface area contributed by atoms with Crippen LogP contribution in [0.3, 0.4) is 0 Å². The zero-order valence-electron chi connectivity index (χ0n) is 22.4. The van der Waals surface area contributed by atoms with Gasteiger partial charge in [-0.25, -0.2) is 9.59 Å². The van der Waals surface area contributed by atoms with E-state index in [1.807, 2.05) is 19.2 Å². The van der Waals surface area contributed by atoms with Gasteiger partial charge in [0.2, 0.25) is 5.91 Å². The number of nitrogens with one attached hydrogen (secondary N) is 2. The molecule has 0 bridgehead atoms. The number of fused-ring (bicyclic) bond motifs is 1. The number of hydrogen-bond acceptors (Lipinski definition) is 7. The first-order valence-corrected chi connectivity index (χ1v) is 13.3. The Hall–Kier alpha value is -3.28. The summed E-state index contributed by atoms with van der Waals surface area (Å²) in [6, 6.07) is 9.24. The lowest BCUT2D eigenvalue weighted by Crippen LogP contribution is -2.58. The Bertz CT molecular complexity index is 1220. The summed E-state index contributed by atoms with van der Waals surface area (Å²) in [5, 5.41) is 5.99. The molecule has 11 nitrogen and oxygen atoms in total. The number of carbonyl (C=O) groups excluding carboxylic acids is 2. The highest BCUT2D eigenvalue weighted by molar-refractivity contribution is 5.89. The van der Waals surface area contributed by atoms with Crippen molar-refractivity contribution in [1.29, 1.82) is 0 Å². The van der Waals surface area contributed by atoms with Crippen LogP contribution in [0.15, 0.2) is 41.3 Å². The molecule has 1 aliphatic carbocycles. The van der Waals surface area contributed by atoms with Crippen LogP contribution in [0.25, 0.3) is 5.69 Å². The van der Waals surface area contributed by atoms with Gasteiger partial charge >= 0.3 is 11.7 Å². The SMILES string of the molecule is CNCC1[C@H]2CN(Cc3ccc(-n4ccc(NC(=O)N5CCN(C(=O)C(C)(C)N)CC5)nc4=O)cc3)C[C@@H]12. The Morgan fingerprint density at radius 1 is 1.03 bits per heavy atom. The molecule has 3 fully saturated rings. The molecule has 2 aromatic rings. The zero-order valence-corrected chi connectivity index (χ0v) is 22.4. The minimum Gasteiger partial charge on any atom is -0.338 e. The molecule has 38 heavy (non-hydrogen) atoms. The second-order valence-electron chi connectivity index (χ2n) is 11.3. The van der Waals surface area contributed by atoms with Crippen molar-refractivity contribution in [3.05, 3.63) is 52.6 Å². The van der Waals surface area contributed by atoms with Crippen molar-refractivity contribution in [3.8, 4) is 5.69 Å². The fourth-order valence-corrected chi connectivity index (χ4v) is 5.80. The summed E-state index contributed by atoms with van der Waals surface area (Å²) in [6.45, 7) is 9.30. The monoisotopic (exact) mass is 522 g/mol. The molecular formula is C27H38N8O3. The van der Waals surface area contributed by atoms with Crippen molar-refractivity contribution in [3.63, 3.8) is 0 Å². The van der Waals surface area contributed by atoms with Gasteiger partial charge in [0, 0.05) is 52.0 Å². The molecule has 3 heterocycles. The van der Waals surface area contributed by atoms with Crippen molar-refractivity contribution < 1.29 is 9.59 Å². The van der Waals surface area contributed by atoms with Gasteiger partial charge in [-0.15, -0.1) is 0 Å². The number of piperidine rings is 1. The number of piperazine rings is 1. The maximum atomic E-state index is 12.7. The molecule has 2 aliphatic heterocycles. The number of anilines is 1. The summed E-state index contributed by atoms with van der Waals surface area (Å²) in [7, 11) is 2.02. The van der Waals surface area contributed by atoms with Crippen molar-refractivity contribution in [2.75, 3.05) is 58.2 Å². The average Bonchev–Trinajstić information content (AvgIpc) is 3.33. The highest BCUT2D eigenvalue weighted by Gasteiger charge is 2.54. The van der Waals surface area contributed by atoms with E-state index in [0.29, 0.717) is 26.2 Å². The summed E-state index contributed by atoms with van der Waals surface area (Å²) in [5.74, 6) is 2.57. The van der Waals surface area contributed by atoms with Crippen LogP contribution in [0.5, 0.6) is 0 Å². The molecule has 11 heteroatoms. The Morgan fingerprint density at radius 3 is 2.24 bits per heavy atom. The largest absolute Gasteiger partial charge is 0.354 e. The highest BCUT2D eigenvalue weighted by atomic mass is 16.2. The molecule has 0 radical (unpaired) electrons. The Labute approximate surface area is 223 Å². The number of aromatic nitrogens is 2. The maximum absolute atomic E-state index is 12.7. The van der Waals surface area contributed by atoms with E-state index in [4.69, 9.17) is 5.73 Å². The summed E-state index contributed by atoms with van der Waals surface area (Å²) in [4.78, 5) is 47.6. The minimum atomic E-state index is -0.942. The van der Waals surface area contributed by atoms with E-state index < -0.39 is 11.2 Å². The predicted molar refractivity (Wildman–Crippen MR) is 145 cm³/mol. The van der Waals surface area contributed by atoms with Gasteiger partial charge in [-0.3, -0.25) is 19.6 Å². The molecule has 1 saturated carbocycles. The Morgan fingerprint density at radius 2 is 1.66 bits per heavy atom. The smallest absolute Gasteiger partial charge is 0.338 e. The molecule has 1 aromatic heterocycles. The normalized spacial score (nSPS) is 23.3. The number of carbonyl (C=O) groups is 2. The number of nitrogens with two attached hydrogens (primary N) is 1. The van der Waals surface area contributed by atoms with Gasteiger partial charge in [0.05, 0.1) is 11.2 Å². The number of rotatable bonds is 7. The summed E-state index contributed by atoms with van der Waals surface area (Å²) < 4.78 is 1.46. The van der Waals surface area contributed by atoms with Gasteiger partial charge in [0.15, 0.2) is 0 Å². The third kappa shape index (κ3) is 5.59. The van der Waals surface area contributed by atoms with Gasteiger partial charge in [-0.2, -0.15) is 4.98 Å². The van der Waals surface area contributed by atoms with Crippen LogP contribution in [0.4, 0.5) is 10.6 Å². The maximum Gasteiger partial charge on any atom is 0.354 e. The van der Waals surface area contributed by atoms with Crippen LogP contribution < -0.4 is 22.1 Å². The molecule has 1 aromatic carbocycles. The van der Waals surface area contributed by atoms with Crippen molar-refractivity contribution >= 4 is 17.8 Å². The Kier molecular flexibility index (Phi) is 7.26. The highest BCUT2D eigenvalue weighted by Crippen LogP contribution is 2.51. The van der Waals surface area contributed by atoms with Crippen LogP contribution in [0, 0.1) is 17.8 Å². The van der Waals surface area contributed by atoms with E-state index in [-0.39, 0.29) is 17.8 Å². The van der Waals surface area contributed by atoms with Gasteiger partial charge in [-0.05, 0) is 69.0 Å². The molecule has 3 aliphatic rings. The van der Waals surface area contributed by atoms with E-state index in [1.165, 1.54) is 10.1 Å². The average molecular weight is 523 g/mol. The number of hydrogen-bond donors (Lipinski definition) is 3. The predicted octanol–water partition coefficient (Wildman–Crippen LogP) is 0.543. The van der Waals surface area contributed by atoms with Gasteiger partial charge in [0.1, 0.15) is 5.82 Å². The van der Waals surface area contributed by atoms with E-state index in [9.17, 15) is 14.4 Å². The number of amides is 3. The van der Waals surface area contributed by atoms with E-state index >= 15 is 0 Å². The first-order valence-electron chi connectivity index (χ1n) is 13.3.